The number of carbonyl (C=O) groups is 1. The van der Waals surface area contributed by atoms with Gasteiger partial charge in [0.05, 0.1) is 6.20 Å². The van der Waals surface area contributed by atoms with E-state index in [-0.39, 0.29) is 18.4 Å². The van der Waals surface area contributed by atoms with Gasteiger partial charge in [-0.1, -0.05) is 22.9 Å². The number of aromatic nitrogens is 1. The van der Waals surface area contributed by atoms with Crippen molar-refractivity contribution in [3.63, 3.8) is 0 Å². The lowest BCUT2D eigenvalue weighted by Crippen LogP contribution is -2.24. The Kier molecular flexibility index (Phi) is 2.71. The Bertz CT molecular complexity index is 355. The maximum atomic E-state index is 11.5. The summed E-state index contributed by atoms with van der Waals surface area (Å²) in [6.45, 7) is 0.584. The summed E-state index contributed by atoms with van der Waals surface area (Å²) in [5, 5.41) is 9.55. The number of aliphatic hydroxyl groups is 1. The third-order valence-electron chi connectivity index (χ3n) is 2.16. The molecule has 0 aromatic carbocycles. The molecular weight excluding hydrogens is 224 g/mol. The summed E-state index contributed by atoms with van der Waals surface area (Å²) in [6.07, 6.45) is 1.93. The summed E-state index contributed by atoms with van der Waals surface area (Å²) in [6, 6.07) is 0. The fourth-order valence-corrected chi connectivity index (χ4v) is 2.39. The summed E-state index contributed by atoms with van der Waals surface area (Å²) in [7, 11) is 0. The second-order valence-electron chi connectivity index (χ2n) is 3.20. The van der Waals surface area contributed by atoms with Crippen LogP contribution in [-0.2, 0) is 4.79 Å². The van der Waals surface area contributed by atoms with Gasteiger partial charge in [0.1, 0.15) is 4.34 Å². The Morgan fingerprint density at radius 1 is 1.79 bits per heavy atom. The first-order valence-electron chi connectivity index (χ1n) is 4.23. The van der Waals surface area contributed by atoms with E-state index in [0.29, 0.717) is 22.4 Å². The fraction of sp³-hybridized carbons (Fsp3) is 0.500. The minimum Gasteiger partial charge on any atom is -0.396 e. The van der Waals surface area contributed by atoms with Crippen molar-refractivity contribution in [2.75, 3.05) is 18.1 Å². The summed E-state index contributed by atoms with van der Waals surface area (Å²) >= 11 is 7.00. The van der Waals surface area contributed by atoms with E-state index in [1.54, 1.807) is 4.90 Å². The number of hydrogen-bond donors (Lipinski definition) is 1. The summed E-state index contributed by atoms with van der Waals surface area (Å²) in [4.78, 5) is 17.1. The van der Waals surface area contributed by atoms with Gasteiger partial charge in [0.15, 0.2) is 5.13 Å². The monoisotopic (exact) mass is 232 g/mol. The van der Waals surface area contributed by atoms with Crippen molar-refractivity contribution in [2.45, 2.75) is 6.42 Å². The van der Waals surface area contributed by atoms with E-state index in [1.807, 2.05) is 0 Å². The van der Waals surface area contributed by atoms with Crippen molar-refractivity contribution in [2.24, 2.45) is 5.92 Å². The number of amides is 1. The quantitative estimate of drug-likeness (QED) is 0.832. The topological polar surface area (TPSA) is 53.4 Å². The third-order valence-corrected chi connectivity index (χ3v) is 3.30. The van der Waals surface area contributed by atoms with Crippen LogP contribution in [0.2, 0.25) is 4.34 Å². The average molecular weight is 233 g/mol. The van der Waals surface area contributed by atoms with E-state index < -0.39 is 0 Å². The van der Waals surface area contributed by atoms with Gasteiger partial charge in [0.2, 0.25) is 5.91 Å². The summed E-state index contributed by atoms with van der Waals surface area (Å²) in [5.41, 5.74) is 0. The zero-order valence-electron chi connectivity index (χ0n) is 7.31. The highest BCUT2D eigenvalue weighted by Crippen LogP contribution is 2.30. The molecule has 76 valence electrons. The molecule has 0 spiro atoms. The second-order valence-corrected chi connectivity index (χ2v) is 4.84. The van der Waals surface area contributed by atoms with Crippen molar-refractivity contribution in [1.82, 2.24) is 4.98 Å². The maximum absolute atomic E-state index is 11.5. The van der Waals surface area contributed by atoms with Gasteiger partial charge in [-0.3, -0.25) is 9.69 Å². The molecule has 0 bridgehead atoms. The number of thiazole rings is 1. The maximum Gasteiger partial charge on any atom is 0.229 e. The zero-order valence-corrected chi connectivity index (χ0v) is 8.88. The molecule has 1 fully saturated rings. The Balaban J connectivity index is 2.16. The predicted octanol–water partition coefficient (Wildman–Crippen LogP) is 1.14. The summed E-state index contributed by atoms with van der Waals surface area (Å²) in [5.74, 6) is 0.0419. The smallest absolute Gasteiger partial charge is 0.229 e. The van der Waals surface area contributed by atoms with Crippen molar-refractivity contribution in [3.8, 4) is 0 Å². The van der Waals surface area contributed by atoms with Gasteiger partial charge in [-0.2, -0.15) is 0 Å². The largest absolute Gasteiger partial charge is 0.396 e. The molecule has 1 unspecified atom stereocenters. The minimum absolute atomic E-state index is 0.00932. The van der Waals surface area contributed by atoms with Gasteiger partial charge in [-0.15, -0.1) is 0 Å². The van der Waals surface area contributed by atoms with Crippen LogP contribution in [0.4, 0.5) is 5.13 Å². The fourth-order valence-electron chi connectivity index (χ4n) is 1.46. The number of carbonyl (C=O) groups excluding carboxylic acids is 1. The van der Waals surface area contributed by atoms with Crippen LogP contribution in [-0.4, -0.2) is 29.1 Å². The summed E-state index contributed by atoms with van der Waals surface area (Å²) < 4.78 is 0.570. The molecule has 1 aromatic heterocycles. The van der Waals surface area contributed by atoms with E-state index in [9.17, 15) is 4.79 Å². The molecule has 1 amide bonds. The number of nitrogens with zero attached hydrogens (tertiary/aromatic N) is 2. The number of rotatable bonds is 2. The van der Waals surface area contributed by atoms with Crippen LogP contribution >= 0.6 is 22.9 Å². The van der Waals surface area contributed by atoms with Crippen LogP contribution in [0, 0.1) is 5.92 Å². The Morgan fingerprint density at radius 2 is 2.57 bits per heavy atom. The molecule has 0 aliphatic carbocycles. The number of hydrogen-bond acceptors (Lipinski definition) is 4. The first-order valence-corrected chi connectivity index (χ1v) is 5.42. The first-order chi connectivity index (χ1) is 6.70. The van der Waals surface area contributed by atoms with E-state index >= 15 is 0 Å². The van der Waals surface area contributed by atoms with Gasteiger partial charge in [-0.25, -0.2) is 4.98 Å². The number of anilines is 1. The minimum atomic E-state index is 0.00932. The molecule has 4 nitrogen and oxygen atoms in total. The molecule has 2 heterocycles. The van der Waals surface area contributed by atoms with E-state index in [2.05, 4.69) is 4.98 Å². The highest BCUT2D eigenvalue weighted by atomic mass is 35.5. The second kappa shape index (κ2) is 3.84. The Hall–Kier alpha value is -0.650. The molecular formula is C8H9ClN2O2S. The lowest BCUT2D eigenvalue weighted by atomic mass is 10.1. The Morgan fingerprint density at radius 3 is 3.07 bits per heavy atom. The average Bonchev–Trinajstić information content (AvgIpc) is 2.71. The van der Waals surface area contributed by atoms with E-state index in [4.69, 9.17) is 16.7 Å². The highest BCUT2D eigenvalue weighted by molar-refractivity contribution is 7.19. The van der Waals surface area contributed by atoms with Crippen molar-refractivity contribution in [1.29, 1.82) is 0 Å². The molecule has 2 rings (SSSR count). The van der Waals surface area contributed by atoms with Crippen LogP contribution in [0.5, 0.6) is 0 Å². The zero-order chi connectivity index (χ0) is 10.1. The third kappa shape index (κ3) is 1.75. The Labute approximate surface area is 90.1 Å². The van der Waals surface area contributed by atoms with E-state index in [0.717, 1.165) is 0 Å². The predicted molar refractivity (Wildman–Crippen MR) is 54.7 cm³/mol. The number of halogens is 1. The lowest BCUT2D eigenvalue weighted by Gasteiger charge is -2.11. The SMILES string of the molecule is O=C1CC(CO)CN1c1ncc(Cl)s1. The normalized spacial score (nSPS) is 22.0. The molecule has 0 saturated carbocycles. The molecule has 1 saturated heterocycles. The molecule has 1 aromatic rings. The van der Waals surface area contributed by atoms with Crippen LogP contribution < -0.4 is 4.90 Å². The van der Waals surface area contributed by atoms with Crippen LogP contribution in [0.15, 0.2) is 6.20 Å². The van der Waals surface area contributed by atoms with Gasteiger partial charge in [0, 0.05) is 25.5 Å². The molecule has 1 atom stereocenters. The molecule has 6 heteroatoms. The van der Waals surface area contributed by atoms with Crippen molar-refractivity contribution in [3.05, 3.63) is 10.5 Å². The lowest BCUT2D eigenvalue weighted by molar-refractivity contribution is -0.117. The standard InChI is InChI=1S/C8H9ClN2O2S/c9-6-2-10-8(14-6)11-3-5(4-12)1-7(11)13/h2,5,12H,1,3-4H2. The van der Waals surface area contributed by atoms with Gasteiger partial charge in [0.25, 0.3) is 0 Å². The van der Waals surface area contributed by atoms with E-state index in [1.165, 1.54) is 17.5 Å². The van der Waals surface area contributed by atoms with Crippen LogP contribution in [0.25, 0.3) is 0 Å². The molecule has 0 radical (unpaired) electrons. The first kappa shape index (κ1) is 9.89. The molecule has 1 aliphatic rings. The molecule has 14 heavy (non-hydrogen) atoms. The van der Waals surface area contributed by atoms with Crippen molar-refractivity contribution >= 4 is 34.0 Å². The molecule has 1 N–H and O–H groups in total. The molecule has 1 aliphatic heterocycles. The highest BCUT2D eigenvalue weighted by Gasteiger charge is 2.31. The van der Waals surface area contributed by atoms with Gasteiger partial charge < -0.3 is 5.11 Å². The van der Waals surface area contributed by atoms with Crippen LogP contribution in [0.1, 0.15) is 6.42 Å². The van der Waals surface area contributed by atoms with Gasteiger partial charge in [-0.05, 0) is 0 Å². The van der Waals surface area contributed by atoms with Crippen LogP contribution in [0.3, 0.4) is 0 Å². The van der Waals surface area contributed by atoms with Gasteiger partial charge >= 0.3 is 0 Å². The van der Waals surface area contributed by atoms with Crippen molar-refractivity contribution < 1.29 is 9.90 Å². The number of aliphatic hydroxyl groups excluding tert-OH is 1.